The molecule has 4 nitrogen and oxygen atoms in total. The third-order valence-corrected chi connectivity index (χ3v) is 3.40. The fourth-order valence-electron chi connectivity index (χ4n) is 2.19. The van der Waals surface area contributed by atoms with E-state index in [0.29, 0.717) is 31.1 Å². The maximum atomic E-state index is 12.9. The molecule has 2 aromatic carbocycles. The maximum Gasteiger partial charge on any atom is 0.166 e. The number of halogens is 1. The first-order chi connectivity index (χ1) is 11.2. The maximum absolute atomic E-state index is 12.9. The summed E-state index contributed by atoms with van der Waals surface area (Å²) in [5, 5.41) is 12.1. The van der Waals surface area contributed by atoms with Gasteiger partial charge in [0, 0.05) is 18.7 Å². The first-order valence-electron chi connectivity index (χ1n) is 7.59. The second kappa shape index (κ2) is 9.12. The summed E-state index contributed by atoms with van der Waals surface area (Å²) in [6.07, 6.45) is 0.704. The number of hydrogen-bond donors (Lipinski definition) is 2. The number of aliphatic hydroxyl groups is 1. The van der Waals surface area contributed by atoms with E-state index in [0.717, 1.165) is 17.7 Å². The zero-order chi connectivity index (χ0) is 16.5. The Morgan fingerprint density at radius 3 is 2.61 bits per heavy atom. The molecule has 5 heteroatoms. The molecule has 0 unspecified atom stereocenters. The summed E-state index contributed by atoms with van der Waals surface area (Å²) in [6.45, 7) is 1.85. The number of nitrogens with one attached hydrogen (secondary N) is 1. The van der Waals surface area contributed by atoms with Crippen LogP contribution in [0.2, 0.25) is 0 Å². The second-order valence-corrected chi connectivity index (χ2v) is 5.12. The summed E-state index contributed by atoms with van der Waals surface area (Å²) in [6, 6.07) is 11.9. The Kier molecular flexibility index (Phi) is 6.84. The lowest BCUT2D eigenvalue weighted by Gasteiger charge is -2.15. The molecule has 0 saturated heterocycles. The summed E-state index contributed by atoms with van der Waals surface area (Å²) in [5.41, 5.74) is 1.86. The van der Waals surface area contributed by atoms with Gasteiger partial charge in [0.2, 0.25) is 0 Å². The molecule has 0 aliphatic rings. The van der Waals surface area contributed by atoms with Gasteiger partial charge in [0.1, 0.15) is 12.4 Å². The molecule has 0 aliphatic carbocycles. The highest BCUT2D eigenvalue weighted by Crippen LogP contribution is 2.31. The second-order valence-electron chi connectivity index (χ2n) is 5.12. The van der Waals surface area contributed by atoms with Crippen molar-refractivity contribution in [1.82, 2.24) is 5.32 Å². The average Bonchev–Trinajstić information content (AvgIpc) is 2.58. The lowest BCUT2D eigenvalue weighted by molar-refractivity contribution is 0.278. The van der Waals surface area contributed by atoms with Crippen molar-refractivity contribution in [3.8, 4) is 11.5 Å². The molecule has 0 saturated carbocycles. The lowest BCUT2D eigenvalue weighted by atomic mass is 10.1. The Morgan fingerprint density at radius 2 is 1.91 bits per heavy atom. The summed E-state index contributed by atoms with van der Waals surface area (Å²) < 4.78 is 24.2. The fourth-order valence-corrected chi connectivity index (χ4v) is 2.19. The van der Waals surface area contributed by atoms with Crippen LogP contribution < -0.4 is 14.8 Å². The highest BCUT2D eigenvalue weighted by molar-refractivity contribution is 5.46. The minimum Gasteiger partial charge on any atom is -0.493 e. The molecule has 2 aromatic rings. The SMILES string of the molecule is COc1cccc(CNCCCO)c1OCc1ccc(F)cc1. The van der Waals surface area contributed by atoms with Crippen molar-refractivity contribution in [3.05, 3.63) is 59.4 Å². The molecule has 124 valence electrons. The van der Waals surface area contributed by atoms with Crippen molar-refractivity contribution in [2.45, 2.75) is 19.6 Å². The van der Waals surface area contributed by atoms with Gasteiger partial charge >= 0.3 is 0 Å². The number of rotatable bonds is 9. The molecule has 23 heavy (non-hydrogen) atoms. The Balaban J connectivity index is 2.06. The molecule has 2 rings (SSSR count). The summed E-state index contributed by atoms with van der Waals surface area (Å²) in [4.78, 5) is 0. The van der Waals surface area contributed by atoms with Crippen LogP contribution in [0.15, 0.2) is 42.5 Å². The van der Waals surface area contributed by atoms with Crippen LogP contribution in [0.3, 0.4) is 0 Å². The third kappa shape index (κ3) is 5.23. The predicted molar refractivity (Wildman–Crippen MR) is 87.1 cm³/mol. The van der Waals surface area contributed by atoms with E-state index in [1.165, 1.54) is 12.1 Å². The topological polar surface area (TPSA) is 50.7 Å². The van der Waals surface area contributed by atoms with Gasteiger partial charge in [0.15, 0.2) is 11.5 Å². The standard InChI is InChI=1S/C18H22FNO3/c1-22-17-5-2-4-15(12-20-10-3-11-21)18(17)23-13-14-6-8-16(19)9-7-14/h2,4-9,20-21H,3,10-13H2,1H3. The van der Waals surface area contributed by atoms with Crippen LogP contribution in [0.4, 0.5) is 4.39 Å². The Bertz CT molecular complexity index is 602. The number of hydrogen-bond acceptors (Lipinski definition) is 4. The van der Waals surface area contributed by atoms with E-state index in [4.69, 9.17) is 14.6 Å². The Morgan fingerprint density at radius 1 is 1.13 bits per heavy atom. The van der Waals surface area contributed by atoms with Crippen molar-refractivity contribution in [2.24, 2.45) is 0 Å². The molecule has 0 radical (unpaired) electrons. The smallest absolute Gasteiger partial charge is 0.166 e. The predicted octanol–water partition coefficient (Wildman–Crippen LogP) is 2.89. The summed E-state index contributed by atoms with van der Waals surface area (Å²) in [7, 11) is 1.60. The Hall–Kier alpha value is -2.11. The molecule has 0 fully saturated rings. The number of methoxy groups -OCH3 is 1. The Labute approximate surface area is 135 Å². The van der Waals surface area contributed by atoms with Crippen molar-refractivity contribution < 1.29 is 19.0 Å². The van der Waals surface area contributed by atoms with Crippen LogP contribution in [0.1, 0.15) is 17.5 Å². The molecule has 2 N–H and O–H groups in total. The normalized spacial score (nSPS) is 10.6. The van der Waals surface area contributed by atoms with Gasteiger partial charge in [0.25, 0.3) is 0 Å². The van der Waals surface area contributed by atoms with Crippen LogP contribution in [-0.2, 0) is 13.2 Å². The van der Waals surface area contributed by atoms with Crippen LogP contribution in [0, 0.1) is 5.82 Å². The largest absolute Gasteiger partial charge is 0.493 e. The van der Waals surface area contributed by atoms with Crippen LogP contribution in [0.25, 0.3) is 0 Å². The molecule has 0 atom stereocenters. The van der Waals surface area contributed by atoms with Crippen molar-refractivity contribution in [3.63, 3.8) is 0 Å². The van der Waals surface area contributed by atoms with Crippen LogP contribution in [0.5, 0.6) is 11.5 Å². The summed E-state index contributed by atoms with van der Waals surface area (Å²) >= 11 is 0. The van der Waals surface area contributed by atoms with E-state index < -0.39 is 0 Å². The van der Waals surface area contributed by atoms with Crippen molar-refractivity contribution >= 4 is 0 Å². The zero-order valence-corrected chi connectivity index (χ0v) is 13.2. The highest BCUT2D eigenvalue weighted by atomic mass is 19.1. The van der Waals surface area contributed by atoms with E-state index in [1.807, 2.05) is 18.2 Å². The minimum absolute atomic E-state index is 0.166. The molecule has 0 amide bonds. The number of benzene rings is 2. The number of ether oxygens (including phenoxy) is 2. The van der Waals surface area contributed by atoms with Crippen LogP contribution >= 0.6 is 0 Å². The lowest BCUT2D eigenvalue weighted by Crippen LogP contribution is -2.16. The van der Waals surface area contributed by atoms with Gasteiger partial charge in [-0.05, 0) is 36.7 Å². The first-order valence-corrected chi connectivity index (χ1v) is 7.59. The van der Waals surface area contributed by atoms with Crippen molar-refractivity contribution in [1.29, 1.82) is 0 Å². The van der Waals surface area contributed by atoms with E-state index >= 15 is 0 Å². The number of para-hydroxylation sites is 1. The van der Waals surface area contributed by atoms with Crippen LogP contribution in [-0.4, -0.2) is 25.4 Å². The first kappa shape index (κ1) is 17.2. The molecule has 0 aromatic heterocycles. The third-order valence-electron chi connectivity index (χ3n) is 3.40. The minimum atomic E-state index is -0.264. The monoisotopic (exact) mass is 319 g/mol. The average molecular weight is 319 g/mol. The molecular formula is C18H22FNO3. The van der Waals surface area contributed by atoms with Crippen molar-refractivity contribution in [2.75, 3.05) is 20.3 Å². The molecular weight excluding hydrogens is 297 g/mol. The molecule has 0 aliphatic heterocycles. The molecule has 0 bridgehead atoms. The summed E-state index contributed by atoms with van der Waals surface area (Å²) in [5.74, 6) is 1.07. The van der Waals surface area contributed by atoms with E-state index in [2.05, 4.69) is 5.32 Å². The van der Waals surface area contributed by atoms with E-state index in [1.54, 1.807) is 19.2 Å². The van der Waals surface area contributed by atoms with Gasteiger partial charge in [-0.1, -0.05) is 24.3 Å². The van der Waals surface area contributed by atoms with Gasteiger partial charge in [-0.2, -0.15) is 0 Å². The molecule has 0 heterocycles. The number of aliphatic hydroxyl groups excluding tert-OH is 1. The zero-order valence-electron chi connectivity index (χ0n) is 13.2. The van der Waals surface area contributed by atoms with Gasteiger partial charge in [-0.3, -0.25) is 0 Å². The fraction of sp³-hybridized carbons (Fsp3) is 0.333. The van der Waals surface area contributed by atoms with Gasteiger partial charge in [-0.15, -0.1) is 0 Å². The van der Waals surface area contributed by atoms with Gasteiger partial charge in [0.05, 0.1) is 7.11 Å². The van der Waals surface area contributed by atoms with Gasteiger partial charge < -0.3 is 19.9 Å². The van der Waals surface area contributed by atoms with E-state index in [9.17, 15) is 4.39 Å². The highest BCUT2D eigenvalue weighted by Gasteiger charge is 2.10. The molecule has 0 spiro atoms. The quantitative estimate of drug-likeness (QED) is 0.698. The van der Waals surface area contributed by atoms with Gasteiger partial charge in [-0.25, -0.2) is 4.39 Å². The van der Waals surface area contributed by atoms with E-state index in [-0.39, 0.29) is 12.4 Å².